The molecule has 0 bridgehead atoms. The van der Waals surface area contributed by atoms with Crippen LogP contribution >= 0.6 is 12.2 Å². The Morgan fingerprint density at radius 1 is 1.14 bits per heavy atom. The zero-order chi connectivity index (χ0) is 21.4. The van der Waals surface area contributed by atoms with E-state index < -0.39 is 10.9 Å². The average molecular weight is 418 g/mol. The van der Waals surface area contributed by atoms with Crippen LogP contribution in [0.4, 0.5) is 17.1 Å². The Balaban J connectivity index is 0.000000941. The van der Waals surface area contributed by atoms with E-state index in [1.54, 1.807) is 30.3 Å². The zero-order valence-electron chi connectivity index (χ0n) is 15.9. The van der Waals surface area contributed by atoms with Crippen LogP contribution in [-0.2, 0) is 4.74 Å². The number of benzene rings is 2. The van der Waals surface area contributed by atoms with Gasteiger partial charge in [0.1, 0.15) is 11.3 Å². The summed E-state index contributed by atoms with van der Waals surface area (Å²) >= 11 is 4.05. The summed E-state index contributed by atoms with van der Waals surface area (Å²) < 4.78 is 4.63. The highest BCUT2D eigenvalue weighted by Gasteiger charge is 2.20. The number of aromatic hydroxyl groups is 1. The Bertz CT molecular complexity index is 867. The standard InChI is InChI=1S/C18H19N3O5.CH3NS/c1-26-18(23)16-7-6-15(12-17(16)22)20-10-8-19(9-11-20)13-2-4-14(5-3-13)21(24)25;2-1-3/h2-7,12,22H,8-11H2,1H3;1H,(H2,2,3). The molecular formula is C19H22N4O5S. The lowest BCUT2D eigenvalue weighted by molar-refractivity contribution is -0.384. The van der Waals surface area contributed by atoms with Crippen LogP contribution in [0, 0.1) is 10.1 Å². The van der Waals surface area contributed by atoms with E-state index in [4.69, 9.17) is 0 Å². The van der Waals surface area contributed by atoms with E-state index in [1.807, 2.05) is 0 Å². The number of esters is 1. The van der Waals surface area contributed by atoms with Crippen molar-refractivity contribution in [3.8, 4) is 5.75 Å². The third kappa shape index (κ3) is 5.55. The number of thiocarbonyl (C=S) groups is 1. The molecule has 154 valence electrons. The molecule has 0 aromatic heterocycles. The van der Waals surface area contributed by atoms with Gasteiger partial charge in [-0.15, -0.1) is 0 Å². The molecule has 0 radical (unpaired) electrons. The summed E-state index contributed by atoms with van der Waals surface area (Å²) in [6.45, 7) is 2.96. The first-order valence-electron chi connectivity index (χ1n) is 8.72. The molecule has 1 heterocycles. The van der Waals surface area contributed by atoms with E-state index in [2.05, 4.69) is 32.5 Å². The fraction of sp³-hybridized carbons (Fsp3) is 0.263. The number of phenolic OH excluding ortho intramolecular Hbond substituents is 1. The van der Waals surface area contributed by atoms with Crippen LogP contribution in [0.5, 0.6) is 5.75 Å². The molecule has 0 aliphatic carbocycles. The van der Waals surface area contributed by atoms with Crippen molar-refractivity contribution in [1.29, 1.82) is 0 Å². The maximum Gasteiger partial charge on any atom is 0.341 e. The first-order valence-corrected chi connectivity index (χ1v) is 9.19. The SMILES string of the molecule is COC(=O)c1ccc(N2CCN(c3ccc([N+](=O)[O-])cc3)CC2)cc1O.NC=S. The highest BCUT2D eigenvalue weighted by atomic mass is 32.1. The first kappa shape index (κ1) is 21.9. The lowest BCUT2D eigenvalue weighted by atomic mass is 10.1. The zero-order valence-corrected chi connectivity index (χ0v) is 16.7. The Morgan fingerprint density at radius 2 is 1.62 bits per heavy atom. The van der Waals surface area contributed by atoms with Crippen molar-refractivity contribution < 1.29 is 19.6 Å². The Morgan fingerprint density at radius 3 is 2.07 bits per heavy atom. The van der Waals surface area contributed by atoms with Gasteiger partial charge in [0.2, 0.25) is 0 Å². The number of carbonyl (C=O) groups excluding carboxylic acids is 1. The summed E-state index contributed by atoms with van der Waals surface area (Å²) in [6, 6.07) is 11.4. The lowest BCUT2D eigenvalue weighted by Crippen LogP contribution is -2.46. The number of nitrogens with two attached hydrogens (primary N) is 1. The van der Waals surface area contributed by atoms with E-state index >= 15 is 0 Å². The van der Waals surface area contributed by atoms with Gasteiger partial charge in [0.15, 0.2) is 0 Å². The molecule has 3 N–H and O–H groups in total. The van der Waals surface area contributed by atoms with Crippen LogP contribution < -0.4 is 15.5 Å². The van der Waals surface area contributed by atoms with Crippen LogP contribution in [0.15, 0.2) is 42.5 Å². The lowest BCUT2D eigenvalue weighted by Gasteiger charge is -2.37. The van der Waals surface area contributed by atoms with Crippen molar-refractivity contribution in [3.05, 3.63) is 58.1 Å². The second kappa shape index (κ2) is 10.2. The van der Waals surface area contributed by atoms with Crippen molar-refractivity contribution in [3.63, 3.8) is 0 Å². The number of nitrogens with zero attached hydrogens (tertiary/aromatic N) is 3. The molecule has 2 aromatic carbocycles. The molecule has 0 amide bonds. The summed E-state index contributed by atoms with van der Waals surface area (Å²) in [5.41, 5.74) is 7.61. The number of piperazine rings is 1. The molecule has 3 rings (SSSR count). The number of nitro groups is 1. The van der Waals surface area contributed by atoms with Crippen LogP contribution in [0.25, 0.3) is 0 Å². The molecule has 0 atom stereocenters. The summed E-state index contributed by atoms with van der Waals surface area (Å²) in [7, 11) is 1.27. The number of ether oxygens (including phenoxy) is 1. The first-order chi connectivity index (χ1) is 13.9. The minimum atomic E-state index is -0.572. The van der Waals surface area contributed by atoms with Crippen molar-refractivity contribution in [2.45, 2.75) is 0 Å². The molecule has 9 nitrogen and oxygen atoms in total. The molecule has 0 saturated carbocycles. The molecular weight excluding hydrogens is 396 g/mol. The topological polar surface area (TPSA) is 122 Å². The van der Waals surface area contributed by atoms with Crippen molar-refractivity contribution >= 4 is 40.7 Å². The summed E-state index contributed by atoms with van der Waals surface area (Å²) in [5.74, 6) is -0.677. The van der Waals surface area contributed by atoms with E-state index in [0.29, 0.717) is 0 Å². The monoisotopic (exact) mass is 418 g/mol. The van der Waals surface area contributed by atoms with Crippen LogP contribution in [-0.4, -0.2) is 54.8 Å². The summed E-state index contributed by atoms with van der Waals surface area (Å²) in [4.78, 5) is 26.1. The number of carbonyl (C=O) groups is 1. The van der Waals surface area contributed by atoms with Gasteiger partial charge in [-0.2, -0.15) is 0 Å². The molecule has 1 aliphatic heterocycles. The van der Waals surface area contributed by atoms with Gasteiger partial charge >= 0.3 is 5.97 Å². The minimum absolute atomic E-state index is 0.0774. The third-order valence-electron chi connectivity index (χ3n) is 4.46. The summed E-state index contributed by atoms with van der Waals surface area (Å²) in [5, 5.41) is 20.8. The Labute approximate surface area is 173 Å². The van der Waals surface area contributed by atoms with E-state index in [-0.39, 0.29) is 17.0 Å². The van der Waals surface area contributed by atoms with E-state index in [0.717, 1.165) is 43.0 Å². The van der Waals surface area contributed by atoms with Crippen molar-refractivity contribution in [2.24, 2.45) is 5.73 Å². The van der Waals surface area contributed by atoms with Gasteiger partial charge in [-0.3, -0.25) is 10.1 Å². The van der Waals surface area contributed by atoms with Crippen molar-refractivity contribution in [1.82, 2.24) is 0 Å². The maximum atomic E-state index is 11.5. The smallest absolute Gasteiger partial charge is 0.341 e. The molecule has 0 spiro atoms. The quantitative estimate of drug-likeness (QED) is 0.333. The van der Waals surface area contributed by atoms with Gasteiger partial charge in [0, 0.05) is 55.8 Å². The Hall–Kier alpha value is -3.40. The number of nitro benzene ring substituents is 1. The second-order valence-electron chi connectivity index (χ2n) is 6.08. The van der Waals surface area contributed by atoms with Crippen LogP contribution in [0.2, 0.25) is 0 Å². The average Bonchev–Trinajstić information content (AvgIpc) is 2.74. The summed E-state index contributed by atoms with van der Waals surface area (Å²) in [6.07, 6.45) is 0. The highest BCUT2D eigenvalue weighted by Crippen LogP contribution is 2.27. The van der Waals surface area contributed by atoms with Crippen molar-refractivity contribution in [2.75, 3.05) is 43.1 Å². The molecule has 0 unspecified atom stereocenters. The van der Waals surface area contributed by atoms with Gasteiger partial charge in [0.05, 0.1) is 17.5 Å². The maximum absolute atomic E-state index is 11.5. The predicted octanol–water partition coefficient (Wildman–Crippen LogP) is 2.32. The molecule has 1 saturated heterocycles. The van der Waals surface area contributed by atoms with E-state index in [1.165, 1.54) is 19.2 Å². The second-order valence-corrected chi connectivity index (χ2v) is 6.35. The molecule has 29 heavy (non-hydrogen) atoms. The molecule has 1 aliphatic rings. The Kier molecular flexibility index (Phi) is 7.72. The number of methoxy groups -OCH3 is 1. The third-order valence-corrected chi connectivity index (χ3v) is 4.46. The molecule has 1 fully saturated rings. The van der Waals surface area contributed by atoms with E-state index in [9.17, 15) is 20.0 Å². The number of anilines is 2. The molecule has 2 aromatic rings. The fourth-order valence-corrected chi connectivity index (χ4v) is 3.01. The largest absolute Gasteiger partial charge is 0.507 e. The fourth-order valence-electron chi connectivity index (χ4n) is 3.01. The van der Waals surface area contributed by atoms with Gasteiger partial charge in [-0.1, -0.05) is 12.2 Å². The predicted molar refractivity (Wildman–Crippen MR) is 115 cm³/mol. The number of phenols is 1. The normalized spacial score (nSPS) is 13.1. The van der Waals surface area contributed by atoms with Gasteiger partial charge in [-0.05, 0) is 24.3 Å². The van der Waals surface area contributed by atoms with Crippen LogP contribution in [0.1, 0.15) is 10.4 Å². The highest BCUT2D eigenvalue weighted by molar-refractivity contribution is 7.78. The van der Waals surface area contributed by atoms with Gasteiger partial charge in [0.25, 0.3) is 5.69 Å². The van der Waals surface area contributed by atoms with Gasteiger partial charge in [-0.25, -0.2) is 4.79 Å². The van der Waals surface area contributed by atoms with Crippen LogP contribution in [0.3, 0.4) is 0 Å². The van der Waals surface area contributed by atoms with Gasteiger partial charge < -0.3 is 25.4 Å². The number of hydrogen-bond acceptors (Lipinski definition) is 8. The number of hydrogen-bond donors (Lipinski definition) is 2. The minimum Gasteiger partial charge on any atom is -0.507 e. The number of rotatable bonds is 4. The molecule has 10 heteroatoms. The number of non-ortho nitro benzene ring substituents is 1.